The first-order valence-electron chi connectivity index (χ1n) is 3.07. The quantitative estimate of drug-likeness (QED) is 0.360. The van der Waals surface area contributed by atoms with Crippen LogP contribution in [0.1, 0.15) is 20.8 Å². The molecule has 0 heterocycles. The van der Waals surface area contributed by atoms with Crippen molar-refractivity contribution in [3.8, 4) is 0 Å². The number of hydrogen-bond donors (Lipinski definition) is 0. The van der Waals surface area contributed by atoms with E-state index in [1.807, 2.05) is 0 Å². The molecule has 0 aliphatic carbocycles. The van der Waals surface area contributed by atoms with E-state index in [9.17, 15) is 0 Å². The third-order valence-electron chi connectivity index (χ3n) is 1.34. The van der Waals surface area contributed by atoms with Crippen LogP contribution in [0.5, 0.6) is 0 Å². The molecule has 0 radical (unpaired) electrons. The van der Waals surface area contributed by atoms with Crippen LogP contribution in [-0.2, 0) is 0 Å². The molecular formula is C6H15INNa. The SMILES string of the molecule is CCN(CC)CC.[I-].[Na+]. The van der Waals surface area contributed by atoms with Gasteiger partial charge in [0.1, 0.15) is 0 Å². The molecule has 0 bridgehead atoms. The van der Waals surface area contributed by atoms with Gasteiger partial charge in [0.05, 0.1) is 0 Å². The van der Waals surface area contributed by atoms with Crippen molar-refractivity contribution in [1.82, 2.24) is 4.90 Å². The van der Waals surface area contributed by atoms with Crippen molar-refractivity contribution in [2.24, 2.45) is 0 Å². The van der Waals surface area contributed by atoms with Crippen LogP contribution >= 0.6 is 0 Å². The smallest absolute Gasteiger partial charge is 1.00 e. The van der Waals surface area contributed by atoms with E-state index >= 15 is 0 Å². The Kier molecular flexibility index (Phi) is 23.3. The summed E-state index contributed by atoms with van der Waals surface area (Å²) in [7, 11) is 0. The number of rotatable bonds is 3. The molecule has 1 nitrogen and oxygen atoms in total. The van der Waals surface area contributed by atoms with Crippen molar-refractivity contribution in [3.63, 3.8) is 0 Å². The van der Waals surface area contributed by atoms with Crippen molar-refractivity contribution < 1.29 is 53.5 Å². The maximum atomic E-state index is 2.38. The van der Waals surface area contributed by atoms with Crippen molar-refractivity contribution in [1.29, 1.82) is 0 Å². The van der Waals surface area contributed by atoms with Gasteiger partial charge in [0, 0.05) is 0 Å². The van der Waals surface area contributed by atoms with E-state index in [0.29, 0.717) is 0 Å². The van der Waals surface area contributed by atoms with Crippen LogP contribution in [0.25, 0.3) is 0 Å². The molecule has 0 spiro atoms. The predicted octanol–water partition coefficient (Wildman–Crippen LogP) is -4.64. The summed E-state index contributed by atoms with van der Waals surface area (Å²) in [5.41, 5.74) is 0. The summed E-state index contributed by atoms with van der Waals surface area (Å²) in [5.74, 6) is 0. The second kappa shape index (κ2) is 12.4. The van der Waals surface area contributed by atoms with Crippen molar-refractivity contribution in [2.75, 3.05) is 19.6 Å². The molecule has 0 aliphatic rings. The van der Waals surface area contributed by atoms with Crippen LogP contribution in [0.2, 0.25) is 0 Å². The topological polar surface area (TPSA) is 3.24 Å². The largest absolute Gasteiger partial charge is 1.00 e. The first kappa shape index (κ1) is 17.0. The maximum Gasteiger partial charge on any atom is 1.00 e. The Hall–Kier alpha value is 1.69. The third-order valence-corrected chi connectivity index (χ3v) is 1.34. The first-order chi connectivity index (χ1) is 3.35. The molecule has 0 aromatic rings. The van der Waals surface area contributed by atoms with E-state index in [1.54, 1.807) is 0 Å². The van der Waals surface area contributed by atoms with Crippen LogP contribution in [0, 0.1) is 0 Å². The van der Waals surface area contributed by atoms with Crippen LogP contribution in [-0.4, -0.2) is 24.5 Å². The second-order valence-corrected chi connectivity index (χ2v) is 1.62. The van der Waals surface area contributed by atoms with Crippen LogP contribution in [0.4, 0.5) is 0 Å². The summed E-state index contributed by atoms with van der Waals surface area (Å²) in [4.78, 5) is 2.38. The predicted molar refractivity (Wildman–Crippen MR) is 33.5 cm³/mol. The Morgan fingerprint density at radius 3 is 1.11 bits per heavy atom. The number of nitrogens with zero attached hydrogens (tertiary/aromatic N) is 1. The zero-order valence-electron chi connectivity index (χ0n) is 6.95. The minimum absolute atomic E-state index is 0. The van der Waals surface area contributed by atoms with E-state index in [4.69, 9.17) is 0 Å². The van der Waals surface area contributed by atoms with Crippen LogP contribution < -0.4 is 53.5 Å². The summed E-state index contributed by atoms with van der Waals surface area (Å²) in [5, 5.41) is 0. The molecule has 3 heteroatoms. The molecule has 0 aromatic carbocycles. The van der Waals surface area contributed by atoms with Gasteiger partial charge in [-0.25, -0.2) is 0 Å². The van der Waals surface area contributed by atoms with Gasteiger partial charge in [-0.15, -0.1) is 0 Å². The Morgan fingerprint density at radius 2 is 1.11 bits per heavy atom. The molecule has 0 N–H and O–H groups in total. The fourth-order valence-corrected chi connectivity index (χ4v) is 0.671. The van der Waals surface area contributed by atoms with Crippen LogP contribution in [0.15, 0.2) is 0 Å². The molecular weight excluding hydrogens is 236 g/mol. The summed E-state index contributed by atoms with van der Waals surface area (Å²) in [6.45, 7) is 10.1. The van der Waals surface area contributed by atoms with E-state index < -0.39 is 0 Å². The maximum absolute atomic E-state index is 2.38. The Labute approximate surface area is 97.9 Å². The van der Waals surface area contributed by atoms with Gasteiger partial charge in [0.2, 0.25) is 0 Å². The molecule has 0 atom stereocenters. The Bertz CT molecular complexity index is 34.5. The fourth-order valence-electron chi connectivity index (χ4n) is 0.671. The molecule has 0 aliphatic heterocycles. The first-order valence-corrected chi connectivity index (χ1v) is 3.07. The van der Waals surface area contributed by atoms with Gasteiger partial charge in [-0.1, -0.05) is 20.8 Å². The monoisotopic (exact) mass is 251 g/mol. The average Bonchev–Trinajstić information content (AvgIpc) is 1.72. The molecule has 0 aromatic heterocycles. The molecule has 0 unspecified atom stereocenters. The second-order valence-electron chi connectivity index (χ2n) is 1.62. The fraction of sp³-hybridized carbons (Fsp3) is 1.00. The molecule has 0 rings (SSSR count). The van der Waals surface area contributed by atoms with Gasteiger partial charge in [-0.2, -0.15) is 0 Å². The van der Waals surface area contributed by atoms with E-state index in [0.717, 1.165) is 0 Å². The third kappa shape index (κ3) is 9.69. The molecule has 0 amide bonds. The minimum Gasteiger partial charge on any atom is -1.00 e. The molecule has 0 fully saturated rings. The van der Waals surface area contributed by atoms with E-state index in [1.165, 1.54) is 19.6 Å². The minimum atomic E-state index is 0. The Balaban J connectivity index is -0.000000180. The van der Waals surface area contributed by atoms with Gasteiger partial charge in [-0.05, 0) is 19.6 Å². The zero-order chi connectivity index (χ0) is 5.70. The van der Waals surface area contributed by atoms with Crippen LogP contribution in [0.3, 0.4) is 0 Å². The van der Waals surface area contributed by atoms with Crippen molar-refractivity contribution in [2.45, 2.75) is 20.8 Å². The Morgan fingerprint density at radius 1 is 0.889 bits per heavy atom. The van der Waals surface area contributed by atoms with Gasteiger partial charge in [-0.3, -0.25) is 0 Å². The number of halogens is 1. The summed E-state index contributed by atoms with van der Waals surface area (Å²) >= 11 is 0. The molecule has 0 saturated heterocycles. The normalized spacial score (nSPS) is 8.00. The van der Waals surface area contributed by atoms with Gasteiger partial charge in [0.15, 0.2) is 0 Å². The summed E-state index contributed by atoms with van der Waals surface area (Å²) < 4.78 is 0. The van der Waals surface area contributed by atoms with E-state index in [-0.39, 0.29) is 53.5 Å². The molecule has 0 saturated carbocycles. The average molecular weight is 251 g/mol. The summed E-state index contributed by atoms with van der Waals surface area (Å²) in [6, 6.07) is 0. The van der Waals surface area contributed by atoms with Gasteiger partial charge < -0.3 is 28.9 Å². The summed E-state index contributed by atoms with van der Waals surface area (Å²) in [6.07, 6.45) is 0. The van der Waals surface area contributed by atoms with E-state index in [2.05, 4.69) is 25.7 Å². The van der Waals surface area contributed by atoms with Crippen molar-refractivity contribution in [3.05, 3.63) is 0 Å². The number of hydrogen-bond acceptors (Lipinski definition) is 1. The van der Waals surface area contributed by atoms with Crippen molar-refractivity contribution >= 4 is 0 Å². The standard InChI is InChI=1S/C6H15N.HI.Na/c1-4-7(5-2)6-3;;/h4-6H2,1-3H3;1H;/q;;+1/p-1. The zero-order valence-corrected chi connectivity index (χ0v) is 11.1. The van der Waals surface area contributed by atoms with Gasteiger partial charge in [0.25, 0.3) is 0 Å². The molecule has 9 heavy (non-hydrogen) atoms. The molecule has 52 valence electrons. The van der Waals surface area contributed by atoms with Gasteiger partial charge >= 0.3 is 29.6 Å².